The van der Waals surface area contributed by atoms with Crippen molar-refractivity contribution in [3.8, 4) is 0 Å². The van der Waals surface area contributed by atoms with E-state index in [0.717, 1.165) is 10.0 Å². The van der Waals surface area contributed by atoms with Crippen molar-refractivity contribution in [2.24, 2.45) is 0 Å². The maximum atomic E-state index is 12.0. The number of carboxylic acids is 1. The Morgan fingerprint density at radius 3 is 2.75 bits per heavy atom. The van der Waals surface area contributed by atoms with Crippen LogP contribution < -0.4 is 0 Å². The zero-order valence-corrected chi connectivity index (χ0v) is 12.9. The number of carbonyl (C=O) groups is 2. The van der Waals surface area contributed by atoms with Crippen LogP contribution in [0.2, 0.25) is 0 Å². The third kappa shape index (κ3) is 6.16. The lowest BCUT2D eigenvalue weighted by atomic mass is 10.2. The number of halogens is 1. The Bertz CT molecular complexity index is 464. The first-order valence-electron chi connectivity index (χ1n) is 6.26. The molecule has 0 aromatic heterocycles. The smallest absolute Gasteiger partial charge is 0.323 e. The lowest BCUT2D eigenvalue weighted by Gasteiger charge is -2.21. The average molecular weight is 344 g/mol. The molecule has 5 nitrogen and oxygen atoms in total. The molecule has 0 atom stereocenters. The second kappa shape index (κ2) is 8.71. The molecule has 0 aliphatic carbocycles. The van der Waals surface area contributed by atoms with Crippen molar-refractivity contribution in [2.45, 2.75) is 19.4 Å². The number of amides is 1. The molecule has 1 rings (SSSR count). The molecule has 0 unspecified atom stereocenters. The summed E-state index contributed by atoms with van der Waals surface area (Å²) in [6.45, 7) is 0.486. The highest BCUT2D eigenvalue weighted by Crippen LogP contribution is 2.14. The van der Waals surface area contributed by atoms with Crippen molar-refractivity contribution in [2.75, 3.05) is 20.3 Å². The number of carbonyl (C=O) groups excluding carboxylic acids is 1. The molecule has 20 heavy (non-hydrogen) atoms. The monoisotopic (exact) mass is 343 g/mol. The van der Waals surface area contributed by atoms with Crippen LogP contribution in [0.3, 0.4) is 0 Å². The van der Waals surface area contributed by atoms with Gasteiger partial charge in [-0.05, 0) is 24.1 Å². The fourth-order valence-electron chi connectivity index (χ4n) is 1.78. The van der Waals surface area contributed by atoms with Crippen LogP contribution in [0.25, 0.3) is 0 Å². The topological polar surface area (TPSA) is 66.8 Å². The second-order valence-corrected chi connectivity index (χ2v) is 5.29. The number of nitrogens with zero attached hydrogens (tertiary/aromatic N) is 1. The second-order valence-electron chi connectivity index (χ2n) is 4.37. The van der Waals surface area contributed by atoms with Gasteiger partial charge >= 0.3 is 5.97 Å². The lowest BCUT2D eigenvalue weighted by Crippen LogP contribution is -2.35. The molecule has 6 heteroatoms. The maximum Gasteiger partial charge on any atom is 0.323 e. The highest BCUT2D eigenvalue weighted by molar-refractivity contribution is 9.10. The van der Waals surface area contributed by atoms with Crippen LogP contribution in [-0.4, -0.2) is 42.1 Å². The first-order valence-corrected chi connectivity index (χ1v) is 7.05. The first kappa shape index (κ1) is 16.7. The summed E-state index contributed by atoms with van der Waals surface area (Å²) in [5.74, 6) is -1.19. The first-order chi connectivity index (χ1) is 9.52. The Labute approximate surface area is 126 Å². The summed E-state index contributed by atoms with van der Waals surface area (Å²) < 4.78 is 5.79. The number of methoxy groups -OCH3 is 1. The number of hydrogen-bond acceptors (Lipinski definition) is 3. The number of aliphatic carboxylic acids is 1. The fraction of sp³-hybridized carbons (Fsp3) is 0.429. The maximum absolute atomic E-state index is 12.0. The van der Waals surface area contributed by atoms with Gasteiger partial charge in [0.2, 0.25) is 5.91 Å². The highest BCUT2D eigenvalue weighted by Gasteiger charge is 2.16. The van der Waals surface area contributed by atoms with Gasteiger partial charge in [0.05, 0.1) is 0 Å². The molecule has 1 amide bonds. The van der Waals surface area contributed by atoms with Crippen molar-refractivity contribution in [3.63, 3.8) is 0 Å². The number of carboxylic acid groups (broad SMARTS) is 1. The van der Waals surface area contributed by atoms with E-state index >= 15 is 0 Å². The van der Waals surface area contributed by atoms with Gasteiger partial charge in [-0.25, -0.2) is 0 Å². The number of hydrogen-bond donors (Lipinski definition) is 1. The van der Waals surface area contributed by atoms with E-state index in [1.165, 1.54) is 4.90 Å². The average Bonchev–Trinajstić information content (AvgIpc) is 2.37. The molecule has 0 aliphatic heterocycles. The summed E-state index contributed by atoms with van der Waals surface area (Å²) in [6, 6.07) is 7.47. The van der Waals surface area contributed by atoms with Crippen molar-refractivity contribution in [1.82, 2.24) is 4.90 Å². The molecule has 0 heterocycles. The zero-order valence-electron chi connectivity index (χ0n) is 11.3. The molecular weight excluding hydrogens is 326 g/mol. The Kier molecular flexibility index (Phi) is 7.25. The summed E-state index contributed by atoms with van der Waals surface area (Å²) in [6.07, 6.45) is 0.874. The predicted octanol–water partition coefficient (Wildman–Crippen LogP) is 2.29. The molecule has 110 valence electrons. The Hall–Kier alpha value is -1.40. The van der Waals surface area contributed by atoms with Gasteiger partial charge in [-0.2, -0.15) is 0 Å². The molecule has 0 spiro atoms. The van der Waals surface area contributed by atoms with Gasteiger partial charge in [-0.15, -0.1) is 0 Å². The number of benzene rings is 1. The number of ether oxygens (including phenoxy) is 1. The summed E-state index contributed by atoms with van der Waals surface area (Å²) in [7, 11) is 1.57. The molecule has 1 aromatic carbocycles. The largest absolute Gasteiger partial charge is 0.480 e. The van der Waals surface area contributed by atoms with Crippen LogP contribution in [0.5, 0.6) is 0 Å². The van der Waals surface area contributed by atoms with Crippen LogP contribution in [0.1, 0.15) is 18.4 Å². The summed E-state index contributed by atoms with van der Waals surface area (Å²) in [4.78, 5) is 24.3. The van der Waals surface area contributed by atoms with Crippen LogP contribution in [0.15, 0.2) is 28.7 Å². The van der Waals surface area contributed by atoms with Crippen LogP contribution >= 0.6 is 15.9 Å². The van der Waals surface area contributed by atoms with Crippen LogP contribution in [-0.2, 0) is 20.9 Å². The van der Waals surface area contributed by atoms with Gasteiger partial charge in [-0.1, -0.05) is 28.1 Å². The Balaban J connectivity index is 2.68. The summed E-state index contributed by atoms with van der Waals surface area (Å²) in [5, 5.41) is 8.91. The minimum absolute atomic E-state index is 0.176. The normalized spacial score (nSPS) is 10.3. The van der Waals surface area contributed by atoms with Crippen molar-refractivity contribution in [1.29, 1.82) is 0 Å². The van der Waals surface area contributed by atoms with Crippen molar-refractivity contribution < 1.29 is 19.4 Å². The van der Waals surface area contributed by atoms with Gasteiger partial charge in [0.1, 0.15) is 6.54 Å². The van der Waals surface area contributed by atoms with E-state index in [1.807, 2.05) is 24.3 Å². The zero-order chi connectivity index (χ0) is 15.0. The predicted molar refractivity (Wildman–Crippen MR) is 78.3 cm³/mol. The standard InChI is InChI=1S/C14H18BrNO4/c1-20-7-3-6-13(17)16(10-14(18)19)9-11-4-2-5-12(15)8-11/h2,4-5,8H,3,6-7,9-10H2,1H3,(H,18,19). The molecule has 0 radical (unpaired) electrons. The van der Waals surface area contributed by atoms with E-state index in [9.17, 15) is 9.59 Å². The number of rotatable bonds is 8. The van der Waals surface area contributed by atoms with E-state index in [-0.39, 0.29) is 25.4 Å². The third-order valence-electron chi connectivity index (χ3n) is 2.68. The molecule has 0 saturated heterocycles. The molecular formula is C14H18BrNO4. The molecule has 1 aromatic rings. The Morgan fingerprint density at radius 1 is 1.40 bits per heavy atom. The molecule has 0 bridgehead atoms. The highest BCUT2D eigenvalue weighted by atomic mass is 79.9. The van der Waals surface area contributed by atoms with E-state index in [1.54, 1.807) is 7.11 Å². The minimum atomic E-state index is -1.01. The van der Waals surface area contributed by atoms with Gasteiger partial charge in [-0.3, -0.25) is 9.59 Å². The summed E-state index contributed by atoms with van der Waals surface area (Å²) >= 11 is 3.35. The fourth-order valence-corrected chi connectivity index (χ4v) is 2.22. The van der Waals surface area contributed by atoms with E-state index in [2.05, 4.69) is 15.9 Å². The van der Waals surface area contributed by atoms with Crippen LogP contribution in [0, 0.1) is 0 Å². The van der Waals surface area contributed by atoms with Crippen molar-refractivity contribution >= 4 is 27.8 Å². The molecule has 0 aliphatic rings. The lowest BCUT2D eigenvalue weighted by molar-refractivity contribution is -0.145. The van der Waals surface area contributed by atoms with Gasteiger partial charge in [0, 0.05) is 31.2 Å². The molecule has 1 N–H and O–H groups in total. The van der Waals surface area contributed by atoms with Crippen molar-refractivity contribution in [3.05, 3.63) is 34.3 Å². The summed E-state index contributed by atoms with van der Waals surface area (Å²) in [5.41, 5.74) is 0.890. The van der Waals surface area contributed by atoms with E-state index in [0.29, 0.717) is 13.0 Å². The molecule has 0 saturated carbocycles. The van der Waals surface area contributed by atoms with Gasteiger partial charge < -0.3 is 14.7 Å². The van der Waals surface area contributed by atoms with Gasteiger partial charge in [0.25, 0.3) is 0 Å². The SMILES string of the molecule is COCCCC(=O)N(CC(=O)O)Cc1cccc(Br)c1. The molecule has 0 fully saturated rings. The van der Waals surface area contributed by atoms with E-state index in [4.69, 9.17) is 9.84 Å². The third-order valence-corrected chi connectivity index (χ3v) is 3.17. The minimum Gasteiger partial charge on any atom is -0.480 e. The quantitative estimate of drug-likeness (QED) is 0.735. The van der Waals surface area contributed by atoms with Gasteiger partial charge in [0.15, 0.2) is 0 Å². The van der Waals surface area contributed by atoms with Crippen LogP contribution in [0.4, 0.5) is 0 Å². The van der Waals surface area contributed by atoms with E-state index < -0.39 is 5.97 Å². The Morgan fingerprint density at radius 2 is 2.15 bits per heavy atom.